The van der Waals surface area contributed by atoms with Crippen LogP contribution in [-0.4, -0.2) is 11.1 Å². The van der Waals surface area contributed by atoms with Crippen molar-refractivity contribution < 1.29 is 9.90 Å². The van der Waals surface area contributed by atoms with Crippen LogP contribution in [0.25, 0.3) is 0 Å². The summed E-state index contributed by atoms with van der Waals surface area (Å²) >= 11 is 0. The molecule has 2 heteroatoms. The fourth-order valence-corrected chi connectivity index (χ4v) is 0.899. The van der Waals surface area contributed by atoms with Gasteiger partial charge in [-0.3, -0.25) is 4.79 Å². The topological polar surface area (TPSA) is 37.3 Å². The summed E-state index contributed by atoms with van der Waals surface area (Å²) in [5, 5.41) is 8.76. The van der Waals surface area contributed by atoms with E-state index in [2.05, 4.69) is 0 Å². The molecule has 0 amide bonds. The van der Waals surface area contributed by atoms with Crippen LogP contribution in [-0.2, 0) is 4.79 Å². The van der Waals surface area contributed by atoms with Gasteiger partial charge >= 0.3 is 5.97 Å². The molecule has 0 aromatic rings. The van der Waals surface area contributed by atoms with Gasteiger partial charge in [0.25, 0.3) is 0 Å². The molecule has 0 spiro atoms. The maximum atomic E-state index is 10.6. The van der Waals surface area contributed by atoms with Crippen LogP contribution in [0.2, 0.25) is 0 Å². The van der Waals surface area contributed by atoms with Crippen molar-refractivity contribution in [3.63, 3.8) is 0 Å². The van der Waals surface area contributed by atoms with E-state index >= 15 is 0 Å². The Labute approximate surface area is 73.6 Å². The van der Waals surface area contributed by atoms with Crippen molar-refractivity contribution in [1.82, 2.24) is 0 Å². The molecule has 0 aliphatic heterocycles. The van der Waals surface area contributed by atoms with Gasteiger partial charge in [0, 0.05) is 0 Å². The Morgan fingerprint density at radius 1 is 1.25 bits per heavy atom. The molecule has 0 saturated heterocycles. The number of rotatable bonds is 5. The van der Waals surface area contributed by atoms with Crippen molar-refractivity contribution in [2.45, 2.75) is 26.7 Å². The molecule has 0 saturated carbocycles. The van der Waals surface area contributed by atoms with Crippen LogP contribution in [0.1, 0.15) is 26.7 Å². The summed E-state index contributed by atoms with van der Waals surface area (Å²) in [6.07, 6.45) is 8.79. The van der Waals surface area contributed by atoms with Crippen LogP contribution in [0.3, 0.4) is 0 Å². The molecule has 0 aromatic heterocycles. The molecule has 0 rings (SSSR count). The number of allylic oxidation sites excluding steroid dienone is 4. The maximum absolute atomic E-state index is 10.6. The van der Waals surface area contributed by atoms with Crippen LogP contribution in [0.4, 0.5) is 0 Å². The van der Waals surface area contributed by atoms with E-state index in [1.54, 1.807) is 0 Å². The summed E-state index contributed by atoms with van der Waals surface area (Å²) in [6.45, 7) is 3.79. The summed E-state index contributed by atoms with van der Waals surface area (Å²) in [5.41, 5.74) is 0. The first kappa shape index (κ1) is 11.0. The second kappa shape index (κ2) is 6.65. The quantitative estimate of drug-likeness (QED) is 0.641. The first-order chi connectivity index (χ1) is 5.72. The Bertz CT molecular complexity index is 166. The lowest BCUT2D eigenvalue weighted by molar-refractivity contribution is -0.141. The highest BCUT2D eigenvalue weighted by Gasteiger charge is 2.12. The van der Waals surface area contributed by atoms with E-state index in [9.17, 15) is 4.79 Å². The van der Waals surface area contributed by atoms with Crippen molar-refractivity contribution >= 4 is 5.97 Å². The zero-order valence-corrected chi connectivity index (χ0v) is 7.66. The Balaban J connectivity index is 3.95. The van der Waals surface area contributed by atoms with Crippen LogP contribution in [0, 0.1) is 5.92 Å². The van der Waals surface area contributed by atoms with Crippen LogP contribution in [0.5, 0.6) is 0 Å². The normalized spacial score (nSPS) is 14.2. The van der Waals surface area contributed by atoms with Crippen molar-refractivity contribution in [3.8, 4) is 0 Å². The van der Waals surface area contributed by atoms with E-state index in [-0.39, 0.29) is 5.92 Å². The fourth-order valence-electron chi connectivity index (χ4n) is 0.899. The predicted molar refractivity (Wildman–Crippen MR) is 50.0 cm³/mol. The summed E-state index contributed by atoms with van der Waals surface area (Å²) in [5.74, 6) is -0.983. The smallest absolute Gasteiger partial charge is 0.307 e. The monoisotopic (exact) mass is 168 g/mol. The number of aliphatic carboxylic acids is 1. The Morgan fingerprint density at radius 2 is 1.67 bits per heavy atom. The molecule has 1 N–H and O–H groups in total. The average molecular weight is 168 g/mol. The number of carboxylic acids is 1. The first-order valence-corrected chi connectivity index (χ1v) is 4.17. The molecule has 0 bridgehead atoms. The molecule has 0 aliphatic carbocycles. The predicted octanol–water partition coefficient (Wildman–Crippen LogP) is 2.62. The SMILES string of the molecule is CC=CCC(CC=CC)C(=O)O. The molecule has 0 radical (unpaired) electrons. The molecule has 0 unspecified atom stereocenters. The van der Waals surface area contributed by atoms with Gasteiger partial charge in [0.2, 0.25) is 0 Å². The molecule has 0 heterocycles. The third-order valence-corrected chi connectivity index (χ3v) is 1.66. The highest BCUT2D eigenvalue weighted by Crippen LogP contribution is 2.10. The summed E-state index contributed by atoms with van der Waals surface area (Å²) in [4.78, 5) is 10.6. The maximum Gasteiger partial charge on any atom is 0.307 e. The van der Waals surface area contributed by atoms with Gasteiger partial charge in [-0.1, -0.05) is 24.3 Å². The number of hydrogen-bond donors (Lipinski definition) is 1. The van der Waals surface area contributed by atoms with Crippen LogP contribution >= 0.6 is 0 Å². The Morgan fingerprint density at radius 3 is 1.92 bits per heavy atom. The standard InChI is InChI=1S/C10H16O2/c1-3-5-7-9(10(11)12)8-6-4-2/h3-6,9H,7-8H2,1-2H3,(H,11,12). The lowest BCUT2D eigenvalue weighted by Gasteiger charge is -2.05. The van der Waals surface area contributed by atoms with Gasteiger partial charge in [-0.25, -0.2) is 0 Å². The highest BCUT2D eigenvalue weighted by atomic mass is 16.4. The van der Waals surface area contributed by atoms with Crippen molar-refractivity contribution in [2.75, 3.05) is 0 Å². The summed E-state index contributed by atoms with van der Waals surface area (Å²) in [6, 6.07) is 0. The third kappa shape index (κ3) is 4.72. The number of carboxylic acid groups (broad SMARTS) is 1. The largest absolute Gasteiger partial charge is 0.481 e. The molecule has 0 atom stereocenters. The average Bonchev–Trinajstić information content (AvgIpc) is 2.04. The Kier molecular flexibility index (Phi) is 6.07. The molecular weight excluding hydrogens is 152 g/mol. The van der Waals surface area contributed by atoms with Crippen LogP contribution < -0.4 is 0 Å². The van der Waals surface area contributed by atoms with E-state index in [1.807, 2.05) is 38.2 Å². The van der Waals surface area contributed by atoms with E-state index < -0.39 is 5.97 Å². The molecular formula is C10H16O2. The van der Waals surface area contributed by atoms with Crippen molar-refractivity contribution in [1.29, 1.82) is 0 Å². The third-order valence-electron chi connectivity index (χ3n) is 1.66. The Hall–Kier alpha value is -1.05. The minimum Gasteiger partial charge on any atom is -0.481 e. The molecule has 0 fully saturated rings. The lowest BCUT2D eigenvalue weighted by atomic mass is 10.0. The summed E-state index contributed by atoms with van der Waals surface area (Å²) in [7, 11) is 0. The first-order valence-electron chi connectivity index (χ1n) is 4.17. The molecule has 12 heavy (non-hydrogen) atoms. The summed E-state index contributed by atoms with van der Waals surface area (Å²) < 4.78 is 0. The van der Waals surface area contributed by atoms with Crippen LogP contribution in [0.15, 0.2) is 24.3 Å². The van der Waals surface area contributed by atoms with Crippen molar-refractivity contribution in [3.05, 3.63) is 24.3 Å². The van der Waals surface area contributed by atoms with Gasteiger partial charge < -0.3 is 5.11 Å². The van der Waals surface area contributed by atoms with E-state index in [1.165, 1.54) is 0 Å². The van der Waals surface area contributed by atoms with E-state index in [4.69, 9.17) is 5.11 Å². The second-order valence-electron chi connectivity index (χ2n) is 2.64. The van der Waals surface area contributed by atoms with Gasteiger partial charge in [0.15, 0.2) is 0 Å². The lowest BCUT2D eigenvalue weighted by Crippen LogP contribution is -2.11. The van der Waals surface area contributed by atoms with Crippen molar-refractivity contribution in [2.24, 2.45) is 5.92 Å². The van der Waals surface area contributed by atoms with E-state index in [0.717, 1.165) is 0 Å². The zero-order chi connectivity index (χ0) is 9.40. The van der Waals surface area contributed by atoms with E-state index in [0.29, 0.717) is 12.8 Å². The van der Waals surface area contributed by atoms with Gasteiger partial charge in [0.1, 0.15) is 0 Å². The molecule has 2 nitrogen and oxygen atoms in total. The van der Waals surface area contributed by atoms with Gasteiger partial charge in [-0.05, 0) is 26.7 Å². The minimum atomic E-state index is -0.716. The minimum absolute atomic E-state index is 0.266. The number of hydrogen-bond acceptors (Lipinski definition) is 1. The van der Waals surface area contributed by atoms with Gasteiger partial charge in [-0.15, -0.1) is 0 Å². The second-order valence-corrected chi connectivity index (χ2v) is 2.64. The zero-order valence-electron chi connectivity index (χ0n) is 7.66. The molecule has 0 aromatic carbocycles. The molecule has 68 valence electrons. The van der Waals surface area contributed by atoms with Gasteiger partial charge in [0.05, 0.1) is 5.92 Å². The highest BCUT2D eigenvalue weighted by molar-refractivity contribution is 5.70. The van der Waals surface area contributed by atoms with Gasteiger partial charge in [-0.2, -0.15) is 0 Å². The fraction of sp³-hybridized carbons (Fsp3) is 0.500. The molecule has 0 aliphatic rings. The number of carbonyl (C=O) groups is 1.